The maximum atomic E-state index is 12.9. The summed E-state index contributed by atoms with van der Waals surface area (Å²) in [6.07, 6.45) is 0. The van der Waals surface area contributed by atoms with Crippen molar-refractivity contribution >= 4 is 11.3 Å². The molecule has 2 aromatic rings. The highest BCUT2D eigenvalue weighted by Gasteiger charge is 2.07. The highest BCUT2D eigenvalue weighted by molar-refractivity contribution is 7.09. The van der Waals surface area contributed by atoms with Gasteiger partial charge in [-0.3, -0.25) is 4.90 Å². The van der Waals surface area contributed by atoms with Crippen LogP contribution in [-0.2, 0) is 19.6 Å². The molecule has 0 aliphatic heterocycles. The van der Waals surface area contributed by atoms with E-state index < -0.39 is 0 Å². The normalized spacial score (nSPS) is 11.5. The van der Waals surface area contributed by atoms with E-state index in [-0.39, 0.29) is 5.82 Å². The highest BCUT2D eigenvalue weighted by atomic mass is 32.1. The molecule has 2 rings (SSSR count). The first-order valence-electron chi connectivity index (χ1n) is 7.12. The summed E-state index contributed by atoms with van der Waals surface area (Å²) >= 11 is 1.69. The highest BCUT2D eigenvalue weighted by Crippen LogP contribution is 2.13. The second kappa shape index (κ2) is 7.64. The van der Waals surface area contributed by atoms with Crippen molar-refractivity contribution in [2.75, 3.05) is 7.05 Å². The molecule has 1 heterocycles. The van der Waals surface area contributed by atoms with Crippen molar-refractivity contribution in [1.82, 2.24) is 15.2 Å². The van der Waals surface area contributed by atoms with Crippen molar-refractivity contribution in [3.63, 3.8) is 0 Å². The summed E-state index contributed by atoms with van der Waals surface area (Å²) in [6.45, 7) is 6.67. The molecule has 0 aliphatic carbocycles. The van der Waals surface area contributed by atoms with E-state index >= 15 is 0 Å². The summed E-state index contributed by atoms with van der Waals surface area (Å²) in [5, 5.41) is 6.60. The summed E-state index contributed by atoms with van der Waals surface area (Å²) in [7, 11) is 2.05. The molecule has 0 saturated carbocycles. The average Bonchev–Trinajstić information content (AvgIpc) is 2.86. The second-order valence-corrected chi connectivity index (χ2v) is 6.51. The van der Waals surface area contributed by atoms with E-state index in [2.05, 4.69) is 41.5 Å². The molecule has 0 fully saturated rings. The van der Waals surface area contributed by atoms with Crippen molar-refractivity contribution in [1.29, 1.82) is 0 Å². The van der Waals surface area contributed by atoms with Gasteiger partial charge in [0, 0.05) is 31.1 Å². The number of rotatable bonds is 7. The minimum absolute atomic E-state index is 0.191. The van der Waals surface area contributed by atoms with Gasteiger partial charge in [0.2, 0.25) is 0 Å². The van der Waals surface area contributed by atoms with E-state index in [0.717, 1.165) is 35.9 Å². The number of nitrogens with zero attached hydrogens (tertiary/aromatic N) is 2. The van der Waals surface area contributed by atoms with Gasteiger partial charge in [-0.15, -0.1) is 11.3 Å². The molecule has 21 heavy (non-hydrogen) atoms. The monoisotopic (exact) mass is 307 g/mol. The summed E-state index contributed by atoms with van der Waals surface area (Å²) in [6, 6.07) is 7.12. The molecule has 1 N–H and O–H groups in total. The molecule has 0 atom stereocenters. The van der Waals surface area contributed by atoms with E-state index in [4.69, 9.17) is 0 Å². The van der Waals surface area contributed by atoms with Gasteiger partial charge < -0.3 is 5.32 Å². The Balaban J connectivity index is 1.84. The van der Waals surface area contributed by atoms with E-state index in [1.54, 1.807) is 11.3 Å². The van der Waals surface area contributed by atoms with Crippen molar-refractivity contribution in [3.05, 3.63) is 51.7 Å². The topological polar surface area (TPSA) is 28.2 Å². The Hall–Kier alpha value is -1.30. The molecule has 0 radical (unpaired) electrons. The Morgan fingerprint density at radius 3 is 2.62 bits per heavy atom. The number of halogens is 1. The second-order valence-electron chi connectivity index (χ2n) is 5.57. The molecule has 0 amide bonds. The summed E-state index contributed by atoms with van der Waals surface area (Å²) in [4.78, 5) is 6.81. The van der Waals surface area contributed by atoms with Crippen molar-refractivity contribution in [3.8, 4) is 0 Å². The molecule has 3 nitrogen and oxygen atoms in total. The van der Waals surface area contributed by atoms with Gasteiger partial charge >= 0.3 is 0 Å². The van der Waals surface area contributed by atoms with E-state index in [1.807, 2.05) is 12.1 Å². The fourth-order valence-corrected chi connectivity index (χ4v) is 2.76. The van der Waals surface area contributed by atoms with Crippen LogP contribution in [0.3, 0.4) is 0 Å². The predicted octanol–water partition coefficient (Wildman–Crippen LogP) is 3.41. The van der Waals surface area contributed by atoms with Crippen LogP contribution >= 0.6 is 11.3 Å². The Kier molecular flexibility index (Phi) is 5.85. The molecule has 1 aromatic carbocycles. The molecule has 114 valence electrons. The van der Waals surface area contributed by atoms with E-state index in [1.165, 1.54) is 12.1 Å². The van der Waals surface area contributed by atoms with Gasteiger partial charge in [0.1, 0.15) is 10.8 Å². The van der Waals surface area contributed by atoms with Crippen LogP contribution in [0, 0.1) is 5.82 Å². The van der Waals surface area contributed by atoms with E-state index in [0.29, 0.717) is 6.04 Å². The first-order chi connectivity index (χ1) is 10.0. The van der Waals surface area contributed by atoms with Crippen molar-refractivity contribution < 1.29 is 4.39 Å². The van der Waals surface area contributed by atoms with Gasteiger partial charge in [-0.1, -0.05) is 26.0 Å². The maximum absolute atomic E-state index is 12.9. The number of hydrogen-bond donors (Lipinski definition) is 1. The zero-order valence-corrected chi connectivity index (χ0v) is 13.6. The SMILES string of the molecule is CC(C)NCc1nc(CN(C)Cc2ccc(F)cc2)cs1. The van der Waals surface area contributed by atoms with Crippen LogP contribution in [-0.4, -0.2) is 23.0 Å². The number of benzene rings is 1. The first-order valence-corrected chi connectivity index (χ1v) is 8.00. The summed E-state index contributed by atoms with van der Waals surface area (Å²) < 4.78 is 12.9. The van der Waals surface area contributed by atoms with Crippen LogP contribution in [0.15, 0.2) is 29.6 Å². The summed E-state index contributed by atoms with van der Waals surface area (Å²) in [5.74, 6) is -0.191. The number of thiazole rings is 1. The fourth-order valence-electron chi connectivity index (χ4n) is 2.03. The quantitative estimate of drug-likeness (QED) is 0.849. The minimum atomic E-state index is -0.191. The van der Waals surface area contributed by atoms with Crippen LogP contribution in [0.4, 0.5) is 4.39 Å². The maximum Gasteiger partial charge on any atom is 0.123 e. The van der Waals surface area contributed by atoms with Gasteiger partial charge in [0.25, 0.3) is 0 Å². The lowest BCUT2D eigenvalue weighted by Crippen LogP contribution is -2.22. The molecule has 1 aromatic heterocycles. The van der Waals surface area contributed by atoms with Crippen LogP contribution in [0.25, 0.3) is 0 Å². The zero-order valence-electron chi connectivity index (χ0n) is 12.8. The third-order valence-corrected chi connectivity index (χ3v) is 3.96. The lowest BCUT2D eigenvalue weighted by molar-refractivity contribution is 0.315. The number of aromatic nitrogens is 1. The van der Waals surface area contributed by atoms with E-state index in [9.17, 15) is 4.39 Å². The molecule has 5 heteroatoms. The van der Waals surface area contributed by atoms with Crippen molar-refractivity contribution in [2.24, 2.45) is 0 Å². The summed E-state index contributed by atoms with van der Waals surface area (Å²) in [5.41, 5.74) is 2.20. The van der Waals surface area contributed by atoms with Gasteiger partial charge in [-0.25, -0.2) is 9.37 Å². The Bertz CT molecular complexity index is 551. The number of nitrogens with one attached hydrogen (secondary N) is 1. The lowest BCUT2D eigenvalue weighted by atomic mass is 10.2. The Labute approximate surface area is 129 Å². The van der Waals surface area contributed by atoms with Crippen LogP contribution in [0.5, 0.6) is 0 Å². The van der Waals surface area contributed by atoms with Gasteiger partial charge in [0.05, 0.1) is 5.69 Å². The zero-order chi connectivity index (χ0) is 15.2. The molecular formula is C16H22FN3S. The largest absolute Gasteiger partial charge is 0.308 e. The number of hydrogen-bond acceptors (Lipinski definition) is 4. The minimum Gasteiger partial charge on any atom is -0.308 e. The predicted molar refractivity (Wildman–Crippen MR) is 85.7 cm³/mol. The molecule has 0 unspecified atom stereocenters. The first kappa shape index (κ1) is 16.1. The van der Waals surface area contributed by atoms with Crippen molar-refractivity contribution in [2.45, 2.75) is 39.5 Å². The van der Waals surface area contributed by atoms with Crippen LogP contribution in [0.2, 0.25) is 0 Å². The standard InChI is InChI=1S/C16H22FN3S/c1-12(2)18-8-16-19-15(11-21-16)10-20(3)9-13-4-6-14(17)7-5-13/h4-7,11-12,18H,8-10H2,1-3H3. The Morgan fingerprint density at radius 1 is 1.24 bits per heavy atom. The Morgan fingerprint density at radius 2 is 1.95 bits per heavy atom. The lowest BCUT2D eigenvalue weighted by Gasteiger charge is -2.15. The van der Waals surface area contributed by atoms with Crippen LogP contribution < -0.4 is 5.32 Å². The van der Waals surface area contributed by atoms with Crippen LogP contribution in [0.1, 0.15) is 30.1 Å². The molecule has 0 saturated heterocycles. The smallest absolute Gasteiger partial charge is 0.123 e. The third kappa shape index (κ3) is 5.53. The third-order valence-electron chi connectivity index (χ3n) is 3.06. The van der Waals surface area contributed by atoms with Gasteiger partial charge in [0.15, 0.2) is 0 Å². The fraction of sp³-hybridized carbons (Fsp3) is 0.438. The van der Waals surface area contributed by atoms with Gasteiger partial charge in [-0.2, -0.15) is 0 Å². The molecule has 0 bridgehead atoms. The molecule has 0 spiro atoms. The molecular weight excluding hydrogens is 285 g/mol. The molecule has 0 aliphatic rings. The van der Waals surface area contributed by atoms with Gasteiger partial charge in [-0.05, 0) is 24.7 Å². The average molecular weight is 307 g/mol.